The molecule has 2 nitrogen and oxygen atoms in total. The lowest BCUT2D eigenvalue weighted by atomic mass is 9.81. The topological polar surface area (TPSA) is 35.2 Å². The molecule has 2 heteroatoms. The van der Waals surface area contributed by atoms with Crippen molar-refractivity contribution in [2.75, 3.05) is 13.7 Å². The molecule has 0 spiro atoms. The van der Waals surface area contributed by atoms with E-state index in [0.717, 1.165) is 18.6 Å². The summed E-state index contributed by atoms with van der Waals surface area (Å²) in [6.07, 6.45) is 2.06. The van der Waals surface area contributed by atoms with E-state index in [1.54, 1.807) is 7.11 Å². The third-order valence-electron chi connectivity index (χ3n) is 3.16. The molecular weight excluding hydrogens is 186 g/mol. The second kappa shape index (κ2) is 5.17. The maximum Gasteiger partial charge on any atom is 0.122 e. The molecule has 1 aromatic rings. The molecule has 0 aliphatic rings. The quantitative estimate of drug-likeness (QED) is 0.805. The van der Waals surface area contributed by atoms with E-state index in [0.29, 0.717) is 6.54 Å². The Labute approximate surface area is 92.4 Å². The first-order valence-electron chi connectivity index (χ1n) is 5.47. The Morgan fingerprint density at radius 3 is 2.53 bits per heavy atom. The van der Waals surface area contributed by atoms with Crippen molar-refractivity contribution in [1.29, 1.82) is 0 Å². The SMILES string of the molecule is CCC(C)(CN)Cc1ccccc1OC. The van der Waals surface area contributed by atoms with Gasteiger partial charge in [-0.15, -0.1) is 0 Å². The minimum Gasteiger partial charge on any atom is -0.496 e. The van der Waals surface area contributed by atoms with E-state index >= 15 is 0 Å². The summed E-state index contributed by atoms with van der Waals surface area (Å²) in [5.41, 5.74) is 7.24. The van der Waals surface area contributed by atoms with Crippen molar-refractivity contribution in [2.45, 2.75) is 26.7 Å². The standard InChI is InChI=1S/C13H21NO/c1-4-13(2,10-14)9-11-7-5-6-8-12(11)15-3/h5-8H,4,9-10,14H2,1-3H3. The predicted octanol–water partition coefficient (Wildman–Crippen LogP) is 2.61. The van der Waals surface area contributed by atoms with Crippen LogP contribution in [0.2, 0.25) is 0 Å². The highest BCUT2D eigenvalue weighted by Gasteiger charge is 2.21. The number of hydrogen-bond donors (Lipinski definition) is 1. The molecule has 1 unspecified atom stereocenters. The van der Waals surface area contributed by atoms with E-state index in [9.17, 15) is 0 Å². The second-order valence-electron chi connectivity index (χ2n) is 4.36. The zero-order chi connectivity index (χ0) is 11.3. The van der Waals surface area contributed by atoms with Crippen LogP contribution in [0.4, 0.5) is 0 Å². The minimum absolute atomic E-state index is 0.175. The largest absolute Gasteiger partial charge is 0.496 e. The second-order valence-corrected chi connectivity index (χ2v) is 4.36. The number of methoxy groups -OCH3 is 1. The number of para-hydroxylation sites is 1. The number of hydrogen-bond acceptors (Lipinski definition) is 2. The minimum atomic E-state index is 0.175. The van der Waals surface area contributed by atoms with Gasteiger partial charge in [-0.25, -0.2) is 0 Å². The van der Waals surface area contributed by atoms with Crippen LogP contribution in [-0.2, 0) is 6.42 Å². The van der Waals surface area contributed by atoms with Crippen LogP contribution in [0.5, 0.6) is 5.75 Å². The molecule has 1 aromatic carbocycles. The normalized spacial score (nSPS) is 14.7. The molecule has 0 saturated heterocycles. The van der Waals surface area contributed by atoms with Crippen molar-refractivity contribution in [2.24, 2.45) is 11.1 Å². The number of rotatable bonds is 5. The Bertz CT molecular complexity index is 305. The van der Waals surface area contributed by atoms with E-state index in [-0.39, 0.29) is 5.41 Å². The van der Waals surface area contributed by atoms with Crippen molar-refractivity contribution in [3.05, 3.63) is 29.8 Å². The van der Waals surface area contributed by atoms with Crippen molar-refractivity contribution >= 4 is 0 Å². The predicted molar refractivity (Wildman–Crippen MR) is 64.2 cm³/mol. The summed E-state index contributed by atoms with van der Waals surface area (Å²) >= 11 is 0. The smallest absolute Gasteiger partial charge is 0.122 e. The Kier molecular flexibility index (Phi) is 4.15. The lowest BCUT2D eigenvalue weighted by Crippen LogP contribution is -2.28. The lowest BCUT2D eigenvalue weighted by molar-refractivity contribution is 0.313. The summed E-state index contributed by atoms with van der Waals surface area (Å²) in [7, 11) is 1.71. The van der Waals surface area contributed by atoms with Gasteiger partial charge in [0.05, 0.1) is 7.11 Å². The highest BCUT2D eigenvalue weighted by molar-refractivity contribution is 5.34. The van der Waals surface area contributed by atoms with E-state index in [4.69, 9.17) is 10.5 Å². The fourth-order valence-electron chi connectivity index (χ4n) is 1.65. The highest BCUT2D eigenvalue weighted by atomic mass is 16.5. The zero-order valence-electron chi connectivity index (χ0n) is 9.92. The fourth-order valence-corrected chi connectivity index (χ4v) is 1.65. The number of nitrogens with two attached hydrogens (primary N) is 1. The van der Waals surface area contributed by atoms with Crippen molar-refractivity contribution in [3.8, 4) is 5.75 Å². The molecule has 0 bridgehead atoms. The molecule has 2 N–H and O–H groups in total. The third kappa shape index (κ3) is 2.96. The molecule has 1 rings (SSSR count). The van der Waals surface area contributed by atoms with Gasteiger partial charge < -0.3 is 10.5 Å². The Morgan fingerprint density at radius 2 is 2.00 bits per heavy atom. The summed E-state index contributed by atoms with van der Waals surface area (Å²) in [6, 6.07) is 8.16. The Balaban J connectivity index is 2.87. The van der Waals surface area contributed by atoms with Crippen LogP contribution in [0, 0.1) is 5.41 Å². The molecule has 0 radical (unpaired) electrons. The molecule has 0 aliphatic carbocycles. The van der Waals surface area contributed by atoms with Crippen LogP contribution in [0.3, 0.4) is 0 Å². The molecule has 0 saturated carbocycles. The van der Waals surface area contributed by atoms with Crippen LogP contribution in [0.15, 0.2) is 24.3 Å². The average molecular weight is 207 g/mol. The van der Waals surface area contributed by atoms with Crippen LogP contribution < -0.4 is 10.5 Å². The molecular formula is C13H21NO. The van der Waals surface area contributed by atoms with Gasteiger partial charge in [0.1, 0.15) is 5.75 Å². The lowest BCUT2D eigenvalue weighted by Gasteiger charge is -2.27. The van der Waals surface area contributed by atoms with E-state index in [1.807, 2.05) is 18.2 Å². The van der Waals surface area contributed by atoms with Crippen molar-refractivity contribution < 1.29 is 4.74 Å². The Morgan fingerprint density at radius 1 is 1.33 bits per heavy atom. The van der Waals surface area contributed by atoms with Crippen LogP contribution in [0.25, 0.3) is 0 Å². The Hall–Kier alpha value is -1.02. The molecule has 0 aromatic heterocycles. The van der Waals surface area contributed by atoms with Gasteiger partial charge in [-0.05, 0) is 36.4 Å². The van der Waals surface area contributed by atoms with Crippen molar-refractivity contribution in [1.82, 2.24) is 0 Å². The highest BCUT2D eigenvalue weighted by Crippen LogP contribution is 2.29. The molecule has 0 aliphatic heterocycles. The summed E-state index contributed by atoms with van der Waals surface area (Å²) in [4.78, 5) is 0. The molecule has 0 heterocycles. The summed E-state index contributed by atoms with van der Waals surface area (Å²) in [5.74, 6) is 0.964. The molecule has 1 atom stereocenters. The zero-order valence-corrected chi connectivity index (χ0v) is 9.92. The first kappa shape index (κ1) is 12.1. The van der Waals surface area contributed by atoms with E-state index in [1.165, 1.54) is 5.56 Å². The summed E-state index contributed by atoms with van der Waals surface area (Å²) < 4.78 is 5.34. The number of benzene rings is 1. The first-order chi connectivity index (χ1) is 7.15. The molecule has 0 amide bonds. The van der Waals surface area contributed by atoms with Gasteiger partial charge in [-0.1, -0.05) is 32.0 Å². The van der Waals surface area contributed by atoms with Gasteiger partial charge in [-0.3, -0.25) is 0 Å². The molecule has 15 heavy (non-hydrogen) atoms. The maximum atomic E-state index is 5.82. The number of ether oxygens (including phenoxy) is 1. The monoisotopic (exact) mass is 207 g/mol. The van der Waals surface area contributed by atoms with Gasteiger partial charge >= 0.3 is 0 Å². The van der Waals surface area contributed by atoms with Gasteiger partial charge in [0.2, 0.25) is 0 Å². The van der Waals surface area contributed by atoms with Crippen LogP contribution in [-0.4, -0.2) is 13.7 Å². The summed E-state index contributed by atoms with van der Waals surface area (Å²) in [6.45, 7) is 5.11. The van der Waals surface area contributed by atoms with Gasteiger partial charge in [0.25, 0.3) is 0 Å². The van der Waals surface area contributed by atoms with Gasteiger partial charge in [-0.2, -0.15) is 0 Å². The maximum absolute atomic E-state index is 5.82. The van der Waals surface area contributed by atoms with E-state index < -0.39 is 0 Å². The van der Waals surface area contributed by atoms with Crippen LogP contribution >= 0.6 is 0 Å². The van der Waals surface area contributed by atoms with Crippen LogP contribution in [0.1, 0.15) is 25.8 Å². The average Bonchev–Trinajstić information content (AvgIpc) is 2.29. The van der Waals surface area contributed by atoms with Gasteiger partial charge in [0, 0.05) is 0 Å². The summed E-state index contributed by atoms with van der Waals surface area (Å²) in [5, 5.41) is 0. The fraction of sp³-hybridized carbons (Fsp3) is 0.538. The van der Waals surface area contributed by atoms with Gasteiger partial charge in [0.15, 0.2) is 0 Å². The third-order valence-corrected chi connectivity index (χ3v) is 3.16. The first-order valence-corrected chi connectivity index (χ1v) is 5.47. The van der Waals surface area contributed by atoms with Crippen molar-refractivity contribution in [3.63, 3.8) is 0 Å². The molecule has 84 valence electrons. The van der Waals surface area contributed by atoms with E-state index in [2.05, 4.69) is 19.9 Å². The molecule has 0 fully saturated rings.